The van der Waals surface area contributed by atoms with Gasteiger partial charge in [-0.05, 0) is 42.8 Å². The number of aromatic nitrogens is 5. The number of benzene rings is 1. The van der Waals surface area contributed by atoms with Crippen molar-refractivity contribution in [1.29, 1.82) is 0 Å². The molecule has 0 N–H and O–H groups in total. The van der Waals surface area contributed by atoms with Crippen molar-refractivity contribution in [2.45, 2.75) is 12.3 Å². The van der Waals surface area contributed by atoms with Gasteiger partial charge < -0.3 is 4.90 Å². The van der Waals surface area contributed by atoms with Crippen molar-refractivity contribution in [3.05, 3.63) is 72.7 Å². The predicted octanol–water partition coefficient (Wildman–Crippen LogP) is 3.32. The fraction of sp³-hybridized carbons (Fsp3) is 0.200. The van der Waals surface area contributed by atoms with Crippen LogP contribution in [-0.2, 0) is 0 Å². The van der Waals surface area contributed by atoms with Gasteiger partial charge in [0.1, 0.15) is 5.82 Å². The van der Waals surface area contributed by atoms with Crippen LogP contribution in [0.3, 0.4) is 0 Å². The predicted molar refractivity (Wildman–Crippen MR) is 100.0 cm³/mol. The largest absolute Gasteiger partial charge is 0.340 e. The first kappa shape index (κ1) is 15.9. The molecule has 3 aromatic heterocycles. The second kappa shape index (κ2) is 6.42. The van der Waals surface area contributed by atoms with Gasteiger partial charge in [0.25, 0.3) is 0 Å². The summed E-state index contributed by atoms with van der Waals surface area (Å²) in [5, 5.41) is 0. The number of hydrogen-bond acceptors (Lipinski definition) is 5. The molecule has 1 aromatic carbocycles. The highest BCUT2D eigenvalue weighted by atomic mass is 19.1. The van der Waals surface area contributed by atoms with Crippen molar-refractivity contribution in [1.82, 2.24) is 24.3 Å². The second-order valence-electron chi connectivity index (χ2n) is 6.64. The Hall–Kier alpha value is -3.35. The molecule has 0 bridgehead atoms. The molecule has 134 valence electrons. The number of halogens is 1. The standard InChI is InChI=1S/C20H17FN6/c21-16-4-2-14(3-5-16)18-12-25-20-24-10-6-17(27(18)20)15-7-11-26(13-15)19-22-8-1-9-23-19/h1-6,8-10,12,15H,7,11,13H2/t15-/m0/s1. The lowest BCUT2D eigenvalue weighted by Crippen LogP contribution is -2.22. The minimum Gasteiger partial charge on any atom is -0.340 e. The van der Waals surface area contributed by atoms with Crippen molar-refractivity contribution in [2.75, 3.05) is 18.0 Å². The molecule has 4 heterocycles. The van der Waals surface area contributed by atoms with E-state index in [0.29, 0.717) is 11.7 Å². The molecule has 27 heavy (non-hydrogen) atoms. The lowest BCUT2D eigenvalue weighted by Gasteiger charge is -2.17. The number of imidazole rings is 1. The monoisotopic (exact) mass is 360 g/mol. The Morgan fingerprint density at radius 2 is 1.74 bits per heavy atom. The van der Waals surface area contributed by atoms with Crippen LogP contribution in [0.1, 0.15) is 18.0 Å². The minimum atomic E-state index is -0.250. The Morgan fingerprint density at radius 3 is 2.56 bits per heavy atom. The van der Waals surface area contributed by atoms with E-state index >= 15 is 0 Å². The summed E-state index contributed by atoms with van der Waals surface area (Å²) in [4.78, 5) is 19.8. The van der Waals surface area contributed by atoms with Gasteiger partial charge in [0, 0.05) is 48.9 Å². The van der Waals surface area contributed by atoms with Gasteiger partial charge in [-0.1, -0.05) is 0 Å². The van der Waals surface area contributed by atoms with Gasteiger partial charge in [0.05, 0.1) is 11.9 Å². The average Bonchev–Trinajstić information content (AvgIpc) is 3.37. The topological polar surface area (TPSA) is 59.2 Å². The minimum absolute atomic E-state index is 0.250. The normalized spacial score (nSPS) is 16.9. The van der Waals surface area contributed by atoms with Crippen LogP contribution >= 0.6 is 0 Å². The highest BCUT2D eigenvalue weighted by Crippen LogP contribution is 2.31. The fourth-order valence-corrected chi connectivity index (χ4v) is 3.72. The van der Waals surface area contributed by atoms with E-state index < -0.39 is 0 Å². The lowest BCUT2D eigenvalue weighted by atomic mass is 10.0. The summed E-state index contributed by atoms with van der Waals surface area (Å²) in [7, 11) is 0. The molecule has 5 rings (SSSR count). The van der Waals surface area contributed by atoms with Gasteiger partial charge in [-0.2, -0.15) is 0 Å². The van der Waals surface area contributed by atoms with Crippen molar-refractivity contribution < 1.29 is 4.39 Å². The molecule has 0 amide bonds. The molecular weight excluding hydrogens is 343 g/mol. The number of hydrogen-bond donors (Lipinski definition) is 0. The molecule has 1 aliphatic heterocycles. The van der Waals surface area contributed by atoms with Crippen LogP contribution in [0.25, 0.3) is 17.0 Å². The van der Waals surface area contributed by atoms with Crippen LogP contribution in [-0.4, -0.2) is 37.4 Å². The lowest BCUT2D eigenvalue weighted by molar-refractivity contribution is 0.628. The third kappa shape index (κ3) is 2.81. The Kier molecular flexibility index (Phi) is 3.78. The molecule has 1 saturated heterocycles. The van der Waals surface area contributed by atoms with Gasteiger partial charge in [-0.3, -0.25) is 4.40 Å². The van der Waals surface area contributed by atoms with Gasteiger partial charge >= 0.3 is 0 Å². The van der Waals surface area contributed by atoms with Gasteiger partial charge in [0.2, 0.25) is 11.7 Å². The molecule has 7 heteroatoms. The number of fused-ring (bicyclic) bond motifs is 1. The molecule has 1 aliphatic rings. The molecule has 0 saturated carbocycles. The zero-order valence-electron chi connectivity index (χ0n) is 14.5. The zero-order valence-corrected chi connectivity index (χ0v) is 14.5. The molecular formula is C20H17FN6. The molecule has 0 spiro atoms. The summed E-state index contributed by atoms with van der Waals surface area (Å²) in [5.41, 5.74) is 2.98. The Labute approximate surface area is 155 Å². The second-order valence-corrected chi connectivity index (χ2v) is 6.64. The Balaban J connectivity index is 1.54. The van der Waals surface area contributed by atoms with E-state index in [1.165, 1.54) is 12.1 Å². The molecule has 0 aliphatic carbocycles. The third-order valence-electron chi connectivity index (χ3n) is 5.02. The first-order chi connectivity index (χ1) is 13.3. The summed E-state index contributed by atoms with van der Waals surface area (Å²) < 4.78 is 15.4. The number of nitrogens with zero attached hydrogens (tertiary/aromatic N) is 6. The molecule has 0 unspecified atom stereocenters. The molecule has 4 aromatic rings. The summed E-state index contributed by atoms with van der Waals surface area (Å²) in [6.07, 6.45) is 8.13. The average molecular weight is 360 g/mol. The summed E-state index contributed by atoms with van der Waals surface area (Å²) >= 11 is 0. The van der Waals surface area contributed by atoms with E-state index in [2.05, 4.69) is 29.2 Å². The van der Waals surface area contributed by atoms with E-state index in [4.69, 9.17) is 0 Å². The van der Waals surface area contributed by atoms with E-state index in [0.717, 1.165) is 42.4 Å². The SMILES string of the molecule is Fc1ccc(-c2cnc3nccc([C@H]4CCN(c5ncccn5)C4)n23)cc1. The van der Waals surface area contributed by atoms with E-state index in [1.54, 1.807) is 36.9 Å². The highest BCUT2D eigenvalue weighted by molar-refractivity contribution is 5.63. The van der Waals surface area contributed by atoms with Crippen LogP contribution in [0.15, 0.2) is 61.2 Å². The van der Waals surface area contributed by atoms with E-state index in [9.17, 15) is 4.39 Å². The van der Waals surface area contributed by atoms with E-state index in [-0.39, 0.29) is 5.82 Å². The van der Waals surface area contributed by atoms with E-state index in [1.807, 2.05) is 12.1 Å². The van der Waals surface area contributed by atoms with Gasteiger partial charge in [-0.25, -0.2) is 24.3 Å². The van der Waals surface area contributed by atoms with Crippen LogP contribution in [0, 0.1) is 5.82 Å². The number of rotatable bonds is 3. The molecule has 1 fully saturated rings. The van der Waals surface area contributed by atoms with Crippen molar-refractivity contribution in [3.63, 3.8) is 0 Å². The summed E-state index contributed by atoms with van der Waals surface area (Å²) in [5.74, 6) is 1.48. The van der Waals surface area contributed by atoms with Crippen molar-refractivity contribution in [2.24, 2.45) is 0 Å². The zero-order chi connectivity index (χ0) is 18.2. The molecule has 1 atom stereocenters. The Bertz CT molecular complexity index is 1080. The maximum absolute atomic E-state index is 13.3. The number of anilines is 1. The first-order valence-corrected chi connectivity index (χ1v) is 8.90. The van der Waals surface area contributed by atoms with Gasteiger partial charge in [0.15, 0.2) is 0 Å². The van der Waals surface area contributed by atoms with Crippen LogP contribution in [0.5, 0.6) is 0 Å². The molecule has 0 radical (unpaired) electrons. The van der Waals surface area contributed by atoms with Gasteiger partial charge in [-0.15, -0.1) is 0 Å². The van der Waals surface area contributed by atoms with Crippen LogP contribution in [0.2, 0.25) is 0 Å². The summed E-state index contributed by atoms with van der Waals surface area (Å²) in [6.45, 7) is 1.74. The molecule has 6 nitrogen and oxygen atoms in total. The van der Waals surface area contributed by atoms with Crippen molar-refractivity contribution in [3.8, 4) is 11.3 Å². The quantitative estimate of drug-likeness (QED) is 0.561. The highest BCUT2D eigenvalue weighted by Gasteiger charge is 2.28. The fourth-order valence-electron chi connectivity index (χ4n) is 3.72. The summed E-state index contributed by atoms with van der Waals surface area (Å²) in [6, 6.07) is 10.3. The third-order valence-corrected chi connectivity index (χ3v) is 5.02. The smallest absolute Gasteiger partial charge is 0.234 e. The maximum Gasteiger partial charge on any atom is 0.234 e. The van der Waals surface area contributed by atoms with Crippen LogP contribution < -0.4 is 4.90 Å². The van der Waals surface area contributed by atoms with Crippen molar-refractivity contribution >= 4 is 11.7 Å². The Morgan fingerprint density at radius 1 is 0.926 bits per heavy atom. The van der Waals surface area contributed by atoms with Crippen LogP contribution in [0.4, 0.5) is 10.3 Å². The first-order valence-electron chi connectivity index (χ1n) is 8.90. The maximum atomic E-state index is 13.3.